The van der Waals surface area contributed by atoms with Crippen molar-refractivity contribution in [3.05, 3.63) is 87.2 Å². The lowest BCUT2D eigenvalue weighted by molar-refractivity contribution is 0.282. The fraction of sp³-hybridized carbons (Fsp3) is 0.0833. The first kappa shape index (κ1) is 21.4. The number of benzene rings is 3. The highest BCUT2D eigenvalue weighted by Crippen LogP contribution is 2.39. The lowest BCUT2D eigenvalue weighted by atomic mass is 10.2. The highest BCUT2D eigenvalue weighted by atomic mass is 79.9. The lowest BCUT2D eigenvalue weighted by Crippen LogP contribution is -1.99. The molecule has 0 spiro atoms. The van der Waals surface area contributed by atoms with E-state index in [4.69, 9.17) is 9.47 Å². The van der Waals surface area contributed by atoms with Gasteiger partial charge in [-0.2, -0.15) is 5.26 Å². The number of rotatable bonds is 7. The molecule has 0 aliphatic rings. The van der Waals surface area contributed by atoms with Crippen molar-refractivity contribution in [1.29, 1.82) is 5.26 Å². The Kier molecular flexibility index (Phi) is 6.92. The normalized spacial score (nSPS) is 11.3. The summed E-state index contributed by atoms with van der Waals surface area (Å²) < 4.78 is 14.2. The first-order chi connectivity index (χ1) is 15.2. The number of aromatic nitrogens is 1. The second-order valence-corrected chi connectivity index (χ2v) is 9.65. The maximum Gasteiger partial charge on any atom is 0.175 e. The van der Waals surface area contributed by atoms with E-state index in [1.54, 1.807) is 18.4 Å². The van der Waals surface area contributed by atoms with Gasteiger partial charge < -0.3 is 9.47 Å². The monoisotopic (exact) mass is 508 g/mol. The van der Waals surface area contributed by atoms with Crippen molar-refractivity contribution in [3.8, 4) is 17.6 Å². The molecule has 0 saturated heterocycles. The number of ether oxygens (including phenoxy) is 2. The molecule has 4 nitrogen and oxygen atoms in total. The van der Waals surface area contributed by atoms with Gasteiger partial charge in [0.15, 0.2) is 15.8 Å². The van der Waals surface area contributed by atoms with Crippen molar-refractivity contribution in [1.82, 2.24) is 4.98 Å². The Balaban J connectivity index is 1.56. The fourth-order valence-electron chi connectivity index (χ4n) is 2.92. The molecule has 1 heterocycles. The molecule has 0 aliphatic carbocycles. The molecule has 4 aromatic rings. The van der Waals surface area contributed by atoms with E-state index >= 15 is 0 Å². The summed E-state index contributed by atoms with van der Waals surface area (Å²) in [7, 11) is 1.60. The molecule has 0 unspecified atom stereocenters. The van der Waals surface area contributed by atoms with E-state index in [2.05, 4.69) is 27.0 Å². The van der Waals surface area contributed by atoms with Crippen molar-refractivity contribution in [2.75, 3.05) is 7.11 Å². The Labute approximate surface area is 197 Å². The predicted molar refractivity (Wildman–Crippen MR) is 131 cm³/mol. The van der Waals surface area contributed by atoms with Crippen LogP contribution in [0.4, 0.5) is 0 Å². The van der Waals surface area contributed by atoms with Crippen LogP contribution in [0.3, 0.4) is 0 Å². The number of nitriles is 1. The molecular formula is C24H17BrN2O2S2. The molecular weight excluding hydrogens is 492 g/mol. The SMILES string of the molecule is COc1cc(/C=C(\C#N)Sc2nc3ccccc3s2)cc(Br)c1OCc1ccccc1. The number of methoxy groups -OCH3 is 1. The predicted octanol–water partition coefficient (Wildman–Crippen LogP) is 7.30. The van der Waals surface area contributed by atoms with Gasteiger partial charge in [0.1, 0.15) is 12.7 Å². The van der Waals surface area contributed by atoms with Crippen LogP contribution in [0.25, 0.3) is 16.3 Å². The zero-order valence-corrected chi connectivity index (χ0v) is 19.8. The summed E-state index contributed by atoms with van der Waals surface area (Å²) in [5.74, 6) is 1.22. The summed E-state index contributed by atoms with van der Waals surface area (Å²) in [6, 6.07) is 23.9. The van der Waals surface area contributed by atoms with Crippen LogP contribution in [-0.4, -0.2) is 12.1 Å². The summed E-state index contributed by atoms with van der Waals surface area (Å²) in [5, 5.41) is 9.65. The lowest BCUT2D eigenvalue weighted by Gasteiger charge is -2.14. The van der Waals surface area contributed by atoms with E-state index in [-0.39, 0.29) is 0 Å². The third kappa shape index (κ3) is 5.28. The van der Waals surface area contributed by atoms with Crippen LogP contribution in [0.2, 0.25) is 0 Å². The molecule has 0 fully saturated rings. The number of nitrogens with zero attached hydrogens (tertiary/aromatic N) is 2. The van der Waals surface area contributed by atoms with E-state index in [1.807, 2.05) is 72.8 Å². The molecule has 154 valence electrons. The number of halogens is 1. The largest absolute Gasteiger partial charge is 0.493 e. The summed E-state index contributed by atoms with van der Waals surface area (Å²) in [6.07, 6.45) is 1.82. The molecule has 7 heteroatoms. The minimum Gasteiger partial charge on any atom is -0.493 e. The summed E-state index contributed by atoms with van der Waals surface area (Å²) in [6.45, 7) is 0.432. The average molecular weight is 509 g/mol. The Morgan fingerprint density at radius 1 is 1.16 bits per heavy atom. The maximum absolute atomic E-state index is 9.65. The number of thioether (sulfide) groups is 1. The number of allylic oxidation sites excluding steroid dienone is 1. The highest BCUT2D eigenvalue weighted by Gasteiger charge is 2.13. The number of fused-ring (bicyclic) bond motifs is 1. The first-order valence-electron chi connectivity index (χ1n) is 9.36. The smallest absolute Gasteiger partial charge is 0.175 e. The Hall–Kier alpha value is -2.79. The number of hydrogen-bond acceptors (Lipinski definition) is 6. The van der Waals surface area contributed by atoms with Crippen LogP contribution in [0.5, 0.6) is 11.5 Å². The van der Waals surface area contributed by atoms with Gasteiger partial charge in [0.25, 0.3) is 0 Å². The van der Waals surface area contributed by atoms with Crippen molar-refractivity contribution in [2.45, 2.75) is 10.9 Å². The van der Waals surface area contributed by atoms with Crippen molar-refractivity contribution in [2.24, 2.45) is 0 Å². The zero-order valence-electron chi connectivity index (χ0n) is 16.5. The van der Waals surface area contributed by atoms with Crippen LogP contribution in [0, 0.1) is 11.3 Å². The topological polar surface area (TPSA) is 55.1 Å². The summed E-state index contributed by atoms with van der Waals surface area (Å²) in [5.41, 5.74) is 2.84. The standard InChI is InChI=1S/C24H17BrN2O2S2/c1-28-21-13-17(12-19(25)23(21)29-15-16-7-3-2-4-8-16)11-18(14-26)30-24-27-20-9-5-6-10-22(20)31-24/h2-13H,15H2,1H3/b18-11+. The van der Waals surface area contributed by atoms with E-state index in [1.165, 1.54) is 11.8 Å². The third-order valence-electron chi connectivity index (χ3n) is 4.36. The van der Waals surface area contributed by atoms with Crippen LogP contribution < -0.4 is 9.47 Å². The van der Waals surface area contributed by atoms with Crippen LogP contribution >= 0.6 is 39.0 Å². The van der Waals surface area contributed by atoms with Crippen LogP contribution in [0.15, 0.2) is 80.4 Å². The van der Waals surface area contributed by atoms with Gasteiger partial charge in [0, 0.05) is 0 Å². The summed E-state index contributed by atoms with van der Waals surface area (Å²) >= 11 is 6.52. The van der Waals surface area contributed by atoms with Gasteiger partial charge in [-0.3, -0.25) is 0 Å². The van der Waals surface area contributed by atoms with E-state index in [9.17, 15) is 5.26 Å². The maximum atomic E-state index is 9.65. The number of hydrogen-bond donors (Lipinski definition) is 0. The van der Waals surface area contributed by atoms with Gasteiger partial charge in [0.05, 0.1) is 26.7 Å². The van der Waals surface area contributed by atoms with E-state index in [0.717, 1.165) is 30.2 Å². The molecule has 3 aromatic carbocycles. The molecule has 0 radical (unpaired) electrons. The minimum atomic E-state index is 0.432. The summed E-state index contributed by atoms with van der Waals surface area (Å²) in [4.78, 5) is 5.14. The molecule has 0 atom stereocenters. The second-order valence-electron chi connectivity index (χ2n) is 6.48. The van der Waals surface area contributed by atoms with Crippen molar-refractivity contribution in [3.63, 3.8) is 0 Å². The third-order valence-corrected chi connectivity index (χ3v) is 6.97. The molecule has 0 aliphatic heterocycles. The van der Waals surface area contributed by atoms with Crippen molar-refractivity contribution >= 4 is 55.3 Å². The van der Waals surface area contributed by atoms with Crippen LogP contribution in [0.1, 0.15) is 11.1 Å². The Morgan fingerprint density at radius 3 is 2.68 bits per heavy atom. The van der Waals surface area contributed by atoms with Crippen LogP contribution in [-0.2, 0) is 6.61 Å². The molecule has 0 saturated carbocycles. The Bertz CT molecular complexity index is 1250. The molecule has 31 heavy (non-hydrogen) atoms. The van der Waals surface area contributed by atoms with Gasteiger partial charge in [-0.15, -0.1) is 11.3 Å². The van der Waals surface area contributed by atoms with Gasteiger partial charge in [-0.05, 0) is 69.2 Å². The van der Waals surface area contributed by atoms with E-state index < -0.39 is 0 Å². The molecule has 0 N–H and O–H groups in total. The fourth-order valence-corrected chi connectivity index (χ4v) is 5.47. The average Bonchev–Trinajstić information content (AvgIpc) is 3.20. The molecule has 0 amide bonds. The van der Waals surface area contributed by atoms with Gasteiger partial charge in [-0.1, -0.05) is 42.5 Å². The van der Waals surface area contributed by atoms with Gasteiger partial charge in [0.2, 0.25) is 0 Å². The molecule has 0 bridgehead atoms. The first-order valence-corrected chi connectivity index (χ1v) is 11.8. The van der Waals surface area contributed by atoms with Crippen molar-refractivity contribution < 1.29 is 9.47 Å². The molecule has 1 aromatic heterocycles. The Morgan fingerprint density at radius 2 is 1.94 bits per heavy atom. The molecule has 4 rings (SSSR count). The quantitative estimate of drug-likeness (QED) is 0.193. The highest BCUT2D eigenvalue weighted by molar-refractivity contribution is 9.10. The number of thiazole rings is 1. The van der Waals surface area contributed by atoms with Gasteiger partial charge in [-0.25, -0.2) is 4.98 Å². The zero-order chi connectivity index (χ0) is 21.6. The number of para-hydroxylation sites is 1. The van der Waals surface area contributed by atoms with Gasteiger partial charge >= 0.3 is 0 Å². The van der Waals surface area contributed by atoms with E-state index in [0.29, 0.717) is 23.0 Å². The minimum absolute atomic E-state index is 0.432. The second kappa shape index (κ2) is 10.0.